The monoisotopic (exact) mass is 247 g/mol. The predicted molar refractivity (Wildman–Crippen MR) is 75.8 cm³/mol. The van der Waals surface area contributed by atoms with Crippen molar-refractivity contribution < 1.29 is 4.74 Å². The normalized spacial score (nSPS) is 21.9. The van der Waals surface area contributed by atoms with Gasteiger partial charge in [-0.05, 0) is 36.8 Å². The van der Waals surface area contributed by atoms with E-state index in [2.05, 4.69) is 57.3 Å². The SMILES string of the molecule is COC(C)(C)CNC1c2ccccc2CC1(C)C. The molecule has 1 aliphatic rings. The van der Waals surface area contributed by atoms with Crippen LogP contribution >= 0.6 is 0 Å². The average molecular weight is 247 g/mol. The maximum atomic E-state index is 5.49. The summed E-state index contributed by atoms with van der Waals surface area (Å²) in [7, 11) is 1.77. The van der Waals surface area contributed by atoms with Crippen LogP contribution in [0.2, 0.25) is 0 Å². The maximum absolute atomic E-state index is 5.49. The Hall–Kier alpha value is -0.860. The summed E-state index contributed by atoms with van der Waals surface area (Å²) in [4.78, 5) is 0. The van der Waals surface area contributed by atoms with Gasteiger partial charge in [0.1, 0.15) is 0 Å². The number of hydrogen-bond donors (Lipinski definition) is 1. The van der Waals surface area contributed by atoms with E-state index >= 15 is 0 Å². The Balaban J connectivity index is 2.16. The zero-order valence-corrected chi connectivity index (χ0v) is 12.2. The molecular weight excluding hydrogens is 222 g/mol. The molecule has 0 heterocycles. The molecule has 1 N–H and O–H groups in total. The molecule has 2 heteroatoms. The fourth-order valence-corrected chi connectivity index (χ4v) is 2.80. The lowest BCUT2D eigenvalue weighted by Crippen LogP contribution is -2.41. The van der Waals surface area contributed by atoms with Crippen molar-refractivity contribution in [1.82, 2.24) is 5.32 Å². The fourth-order valence-electron chi connectivity index (χ4n) is 2.80. The highest BCUT2D eigenvalue weighted by Crippen LogP contribution is 2.45. The summed E-state index contributed by atoms with van der Waals surface area (Å²) in [5.74, 6) is 0. The first-order valence-corrected chi connectivity index (χ1v) is 6.72. The highest BCUT2D eigenvalue weighted by Gasteiger charge is 2.39. The molecule has 2 nitrogen and oxygen atoms in total. The Morgan fingerprint density at radius 1 is 1.33 bits per heavy atom. The zero-order valence-electron chi connectivity index (χ0n) is 12.2. The lowest BCUT2D eigenvalue weighted by atomic mass is 9.85. The third-order valence-corrected chi connectivity index (χ3v) is 4.08. The highest BCUT2D eigenvalue weighted by atomic mass is 16.5. The predicted octanol–water partition coefficient (Wildman–Crippen LogP) is 3.32. The van der Waals surface area contributed by atoms with Crippen LogP contribution in [0.4, 0.5) is 0 Å². The van der Waals surface area contributed by atoms with Gasteiger partial charge in [0.15, 0.2) is 0 Å². The van der Waals surface area contributed by atoms with Crippen molar-refractivity contribution in [3.63, 3.8) is 0 Å². The van der Waals surface area contributed by atoms with E-state index in [0.29, 0.717) is 6.04 Å². The van der Waals surface area contributed by atoms with Gasteiger partial charge in [0.2, 0.25) is 0 Å². The van der Waals surface area contributed by atoms with E-state index in [1.165, 1.54) is 11.1 Å². The van der Waals surface area contributed by atoms with E-state index < -0.39 is 0 Å². The average Bonchev–Trinajstić information content (AvgIpc) is 2.56. The van der Waals surface area contributed by atoms with Gasteiger partial charge >= 0.3 is 0 Å². The van der Waals surface area contributed by atoms with Gasteiger partial charge in [0, 0.05) is 19.7 Å². The van der Waals surface area contributed by atoms with Gasteiger partial charge in [0.25, 0.3) is 0 Å². The minimum Gasteiger partial charge on any atom is -0.377 e. The van der Waals surface area contributed by atoms with E-state index in [1.54, 1.807) is 7.11 Å². The molecule has 1 atom stereocenters. The molecule has 1 unspecified atom stereocenters. The first kappa shape index (κ1) is 13.6. The zero-order chi connectivity index (χ0) is 13.4. The van der Waals surface area contributed by atoms with Gasteiger partial charge < -0.3 is 10.1 Å². The Bertz CT molecular complexity index is 423. The van der Waals surface area contributed by atoms with E-state index in [4.69, 9.17) is 4.74 Å². The van der Waals surface area contributed by atoms with Crippen LogP contribution in [0, 0.1) is 5.41 Å². The lowest BCUT2D eigenvalue weighted by molar-refractivity contribution is 0.0177. The Kier molecular flexibility index (Phi) is 3.52. The minimum absolute atomic E-state index is 0.117. The smallest absolute Gasteiger partial charge is 0.0746 e. The summed E-state index contributed by atoms with van der Waals surface area (Å²) in [6.45, 7) is 9.78. The second-order valence-electron chi connectivity index (χ2n) is 6.64. The van der Waals surface area contributed by atoms with Crippen LogP contribution in [0.5, 0.6) is 0 Å². The Labute approximate surface area is 111 Å². The van der Waals surface area contributed by atoms with Crippen molar-refractivity contribution in [1.29, 1.82) is 0 Å². The number of fused-ring (bicyclic) bond motifs is 1. The number of nitrogens with one attached hydrogen (secondary N) is 1. The van der Waals surface area contributed by atoms with Crippen molar-refractivity contribution in [2.45, 2.75) is 45.8 Å². The number of methoxy groups -OCH3 is 1. The molecule has 0 radical (unpaired) electrons. The molecule has 0 saturated carbocycles. The molecule has 0 aliphatic heterocycles. The van der Waals surface area contributed by atoms with Crippen LogP contribution in [-0.2, 0) is 11.2 Å². The first-order valence-electron chi connectivity index (χ1n) is 6.72. The standard InChI is InChI=1S/C16H25NO/c1-15(2)10-12-8-6-7-9-13(12)14(15)17-11-16(3,4)18-5/h6-9,14,17H,10-11H2,1-5H3. The number of rotatable bonds is 4. The molecule has 1 aliphatic carbocycles. The van der Waals surface area contributed by atoms with Crippen molar-refractivity contribution in [2.24, 2.45) is 5.41 Å². The van der Waals surface area contributed by atoms with Crippen molar-refractivity contribution in [3.05, 3.63) is 35.4 Å². The summed E-state index contributed by atoms with van der Waals surface area (Å²) >= 11 is 0. The van der Waals surface area contributed by atoms with Crippen molar-refractivity contribution in [2.75, 3.05) is 13.7 Å². The second kappa shape index (κ2) is 4.67. The third-order valence-electron chi connectivity index (χ3n) is 4.08. The number of hydrogen-bond acceptors (Lipinski definition) is 2. The first-order chi connectivity index (χ1) is 8.36. The third kappa shape index (κ3) is 2.60. The van der Waals surface area contributed by atoms with Crippen LogP contribution in [-0.4, -0.2) is 19.3 Å². The molecule has 18 heavy (non-hydrogen) atoms. The van der Waals surface area contributed by atoms with E-state index in [1.807, 2.05) is 0 Å². The molecule has 0 aromatic heterocycles. The van der Waals surface area contributed by atoms with Crippen LogP contribution in [0.3, 0.4) is 0 Å². The molecule has 1 aromatic rings. The minimum atomic E-state index is -0.117. The van der Waals surface area contributed by atoms with Gasteiger partial charge in [-0.15, -0.1) is 0 Å². The van der Waals surface area contributed by atoms with Gasteiger partial charge in [0.05, 0.1) is 5.60 Å². The lowest BCUT2D eigenvalue weighted by Gasteiger charge is -2.32. The second-order valence-corrected chi connectivity index (χ2v) is 6.64. The molecule has 0 fully saturated rings. The fraction of sp³-hybridized carbons (Fsp3) is 0.625. The van der Waals surface area contributed by atoms with E-state index in [9.17, 15) is 0 Å². The van der Waals surface area contributed by atoms with E-state index in [-0.39, 0.29) is 11.0 Å². The summed E-state index contributed by atoms with van der Waals surface area (Å²) in [5.41, 5.74) is 3.09. The molecule has 0 spiro atoms. The summed E-state index contributed by atoms with van der Waals surface area (Å²) in [6, 6.07) is 9.19. The molecule has 100 valence electrons. The molecule has 0 amide bonds. The van der Waals surface area contributed by atoms with Crippen LogP contribution in [0.1, 0.15) is 44.9 Å². The van der Waals surface area contributed by atoms with Gasteiger partial charge in [-0.1, -0.05) is 38.1 Å². The van der Waals surface area contributed by atoms with Crippen LogP contribution < -0.4 is 5.32 Å². The molecule has 1 aromatic carbocycles. The number of benzene rings is 1. The molecule has 0 saturated heterocycles. The number of ether oxygens (including phenoxy) is 1. The summed E-state index contributed by atoms with van der Waals surface area (Å²) in [5, 5.41) is 3.69. The Morgan fingerprint density at radius 3 is 2.67 bits per heavy atom. The Morgan fingerprint density at radius 2 is 2.00 bits per heavy atom. The maximum Gasteiger partial charge on any atom is 0.0746 e. The summed E-state index contributed by atoms with van der Waals surface area (Å²) < 4.78 is 5.49. The van der Waals surface area contributed by atoms with Gasteiger partial charge in [-0.2, -0.15) is 0 Å². The van der Waals surface area contributed by atoms with Gasteiger partial charge in [-0.3, -0.25) is 0 Å². The van der Waals surface area contributed by atoms with Crippen molar-refractivity contribution in [3.8, 4) is 0 Å². The summed E-state index contributed by atoms with van der Waals surface area (Å²) in [6.07, 6.45) is 1.15. The largest absolute Gasteiger partial charge is 0.377 e. The quantitative estimate of drug-likeness (QED) is 0.881. The molecule has 2 rings (SSSR count). The van der Waals surface area contributed by atoms with Crippen LogP contribution in [0.25, 0.3) is 0 Å². The van der Waals surface area contributed by atoms with Gasteiger partial charge in [-0.25, -0.2) is 0 Å². The van der Waals surface area contributed by atoms with Crippen LogP contribution in [0.15, 0.2) is 24.3 Å². The van der Waals surface area contributed by atoms with Crippen molar-refractivity contribution >= 4 is 0 Å². The van der Waals surface area contributed by atoms with E-state index in [0.717, 1.165) is 13.0 Å². The molecule has 0 bridgehead atoms. The topological polar surface area (TPSA) is 21.3 Å². The molecular formula is C16H25NO. The highest BCUT2D eigenvalue weighted by molar-refractivity contribution is 5.37.